The Hall–Kier alpha value is -2.64. The number of hydrogen-bond acceptors (Lipinski definition) is 7. The van der Waals surface area contributed by atoms with Crippen molar-refractivity contribution in [3.8, 4) is 5.75 Å². The topological polar surface area (TPSA) is 98.7 Å². The lowest BCUT2D eigenvalue weighted by Gasteiger charge is -2.13. The van der Waals surface area contributed by atoms with Gasteiger partial charge in [0.2, 0.25) is 17.1 Å². The highest BCUT2D eigenvalue weighted by molar-refractivity contribution is 5.91. The van der Waals surface area contributed by atoms with Gasteiger partial charge in [0.05, 0.1) is 13.7 Å². The van der Waals surface area contributed by atoms with Crippen LogP contribution in [-0.2, 0) is 6.54 Å². The first-order valence-corrected chi connectivity index (χ1v) is 6.67. The fraction of sp³-hybridized carbons (Fsp3) is 0.429. The minimum absolute atomic E-state index is 0.0407. The van der Waals surface area contributed by atoms with Crippen molar-refractivity contribution in [2.24, 2.45) is 0 Å². The molecule has 0 radical (unpaired) electrons. The van der Waals surface area contributed by atoms with Gasteiger partial charge in [-0.25, -0.2) is 0 Å². The summed E-state index contributed by atoms with van der Waals surface area (Å²) in [6.07, 6.45) is 1.11. The number of rotatable bonds is 5. The summed E-state index contributed by atoms with van der Waals surface area (Å²) in [5, 5.41) is 3.81. The molecule has 0 aliphatic carbocycles. The maximum absolute atomic E-state index is 12.2. The highest BCUT2D eigenvalue weighted by atomic mass is 16.5. The predicted octanol–water partition coefficient (Wildman–Crippen LogP) is 1.43. The molecule has 2 aromatic heterocycles. The Morgan fingerprint density at radius 3 is 2.73 bits per heavy atom. The molecule has 0 unspecified atom stereocenters. The second kappa shape index (κ2) is 6.42. The summed E-state index contributed by atoms with van der Waals surface area (Å²) < 4.78 is 15.0. The van der Waals surface area contributed by atoms with Crippen LogP contribution >= 0.6 is 0 Å². The summed E-state index contributed by atoms with van der Waals surface area (Å²) in [6.45, 7) is 4.00. The molecule has 0 aliphatic rings. The van der Waals surface area contributed by atoms with Crippen molar-refractivity contribution in [2.75, 3.05) is 14.2 Å². The smallest absolute Gasteiger partial charge is 0.289 e. The lowest BCUT2D eigenvalue weighted by atomic mass is 10.2. The maximum Gasteiger partial charge on any atom is 0.289 e. The zero-order valence-corrected chi connectivity index (χ0v) is 12.8. The molecule has 0 atom stereocenters. The highest BCUT2D eigenvalue weighted by Gasteiger charge is 2.19. The van der Waals surface area contributed by atoms with E-state index < -0.39 is 11.3 Å². The number of ether oxygens (including phenoxy) is 1. The van der Waals surface area contributed by atoms with Crippen LogP contribution < -0.4 is 10.2 Å². The number of amides is 1. The van der Waals surface area contributed by atoms with E-state index in [0.29, 0.717) is 11.7 Å². The average molecular weight is 307 g/mol. The van der Waals surface area contributed by atoms with Gasteiger partial charge >= 0.3 is 0 Å². The van der Waals surface area contributed by atoms with E-state index in [1.165, 1.54) is 12.0 Å². The summed E-state index contributed by atoms with van der Waals surface area (Å²) in [7, 11) is 2.90. The third-order valence-corrected chi connectivity index (χ3v) is 2.93. The molecule has 8 heteroatoms. The summed E-state index contributed by atoms with van der Waals surface area (Å²) in [5.41, 5.74) is -0.424. The molecule has 2 heterocycles. The van der Waals surface area contributed by atoms with Gasteiger partial charge in [0.25, 0.3) is 5.91 Å². The van der Waals surface area contributed by atoms with Crippen LogP contribution in [0.5, 0.6) is 5.75 Å². The lowest BCUT2D eigenvalue weighted by Crippen LogP contribution is -2.27. The number of carbonyl (C=O) groups excluding carboxylic acids is 1. The fourth-order valence-corrected chi connectivity index (χ4v) is 1.70. The van der Waals surface area contributed by atoms with Gasteiger partial charge in [0.1, 0.15) is 6.26 Å². The van der Waals surface area contributed by atoms with Crippen molar-refractivity contribution in [2.45, 2.75) is 26.3 Å². The number of hydrogen-bond donors (Lipinski definition) is 0. The lowest BCUT2D eigenvalue weighted by molar-refractivity contribution is 0.0745. The van der Waals surface area contributed by atoms with Crippen molar-refractivity contribution in [3.63, 3.8) is 0 Å². The molecule has 0 aromatic carbocycles. The predicted molar refractivity (Wildman–Crippen MR) is 75.7 cm³/mol. The van der Waals surface area contributed by atoms with Crippen LogP contribution in [0.4, 0.5) is 0 Å². The standard InChI is InChI=1S/C14H17N3O5/c1-8(2)13-15-12(16-22-13)6-17(3)14(19)10-5-9(18)11(20-4)7-21-10/h5,7-8H,6H2,1-4H3. The molecule has 0 fully saturated rings. The van der Waals surface area contributed by atoms with E-state index >= 15 is 0 Å². The van der Waals surface area contributed by atoms with Crippen LogP contribution in [0.2, 0.25) is 0 Å². The van der Waals surface area contributed by atoms with Gasteiger partial charge < -0.3 is 18.6 Å². The van der Waals surface area contributed by atoms with Crippen LogP contribution in [0.15, 0.2) is 26.1 Å². The Bertz CT molecular complexity index is 719. The minimum atomic E-state index is -0.462. The molecular weight excluding hydrogens is 290 g/mol. The van der Waals surface area contributed by atoms with Crippen molar-refractivity contribution in [1.29, 1.82) is 0 Å². The van der Waals surface area contributed by atoms with Crippen LogP contribution in [0.25, 0.3) is 0 Å². The second-order valence-corrected chi connectivity index (χ2v) is 5.04. The van der Waals surface area contributed by atoms with Crippen molar-refractivity contribution >= 4 is 5.91 Å². The number of methoxy groups -OCH3 is 1. The summed E-state index contributed by atoms with van der Waals surface area (Å²) in [4.78, 5) is 29.4. The van der Waals surface area contributed by atoms with Crippen molar-refractivity contribution < 1.29 is 18.5 Å². The van der Waals surface area contributed by atoms with Gasteiger partial charge in [-0.3, -0.25) is 9.59 Å². The van der Waals surface area contributed by atoms with Gasteiger partial charge in [-0.15, -0.1) is 0 Å². The largest absolute Gasteiger partial charge is 0.490 e. The molecule has 0 saturated heterocycles. The van der Waals surface area contributed by atoms with Crippen molar-refractivity contribution in [1.82, 2.24) is 15.0 Å². The molecule has 0 spiro atoms. The minimum Gasteiger partial charge on any atom is -0.490 e. The molecule has 118 valence electrons. The molecule has 0 aliphatic heterocycles. The molecule has 0 N–H and O–H groups in total. The first-order valence-electron chi connectivity index (χ1n) is 6.67. The summed E-state index contributed by atoms with van der Waals surface area (Å²) in [5.74, 6) is 0.500. The number of carbonyl (C=O) groups is 1. The van der Waals surface area contributed by atoms with Gasteiger partial charge in [-0.1, -0.05) is 19.0 Å². The first kappa shape index (κ1) is 15.7. The monoisotopic (exact) mass is 307 g/mol. The number of nitrogens with zero attached hydrogens (tertiary/aromatic N) is 3. The van der Waals surface area contributed by atoms with E-state index in [0.717, 1.165) is 12.3 Å². The van der Waals surface area contributed by atoms with Gasteiger partial charge in [0, 0.05) is 19.0 Å². The zero-order valence-electron chi connectivity index (χ0n) is 12.8. The molecule has 8 nitrogen and oxygen atoms in total. The molecule has 2 rings (SSSR count). The molecule has 22 heavy (non-hydrogen) atoms. The van der Waals surface area contributed by atoms with Crippen LogP contribution in [0.1, 0.15) is 42.0 Å². The number of aromatic nitrogens is 2. The Balaban J connectivity index is 2.11. The van der Waals surface area contributed by atoms with Crippen LogP contribution in [-0.4, -0.2) is 35.1 Å². The quantitative estimate of drug-likeness (QED) is 0.823. The summed E-state index contributed by atoms with van der Waals surface area (Å²) in [6, 6.07) is 1.09. The third kappa shape index (κ3) is 3.33. The van der Waals surface area contributed by atoms with E-state index in [4.69, 9.17) is 13.7 Å². The van der Waals surface area contributed by atoms with E-state index in [-0.39, 0.29) is 24.0 Å². The SMILES string of the molecule is COc1coc(C(=O)N(C)Cc2noc(C(C)C)n2)cc1=O. The molecule has 0 saturated carbocycles. The Kier molecular flexibility index (Phi) is 4.59. The van der Waals surface area contributed by atoms with Crippen LogP contribution in [0, 0.1) is 0 Å². The Morgan fingerprint density at radius 1 is 1.45 bits per heavy atom. The molecule has 0 bridgehead atoms. The highest BCUT2D eigenvalue weighted by Crippen LogP contribution is 2.13. The van der Waals surface area contributed by atoms with Gasteiger partial charge in [-0.05, 0) is 0 Å². The normalized spacial score (nSPS) is 10.8. The zero-order chi connectivity index (χ0) is 16.3. The Morgan fingerprint density at radius 2 is 2.18 bits per heavy atom. The molecule has 1 amide bonds. The first-order chi connectivity index (χ1) is 10.4. The van der Waals surface area contributed by atoms with E-state index in [2.05, 4.69) is 10.1 Å². The van der Waals surface area contributed by atoms with Gasteiger partial charge in [-0.2, -0.15) is 4.98 Å². The summed E-state index contributed by atoms with van der Waals surface area (Å²) >= 11 is 0. The fourth-order valence-electron chi connectivity index (χ4n) is 1.70. The van der Waals surface area contributed by atoms with E-state index in [1.807, 2.05) is 13.8 Å². The van der Waals surface area contributed by atoms with Crippen LogP contribution in [0.3, 0.4) is 0 Å². The average Bonchev–Trinajstić information content (AvgIpc) is 2.95. The van der Waals surface area contributed by atoms with Crippen molar-refractivity contribution in [3.05, 3.63) is 40.0 Å². The van der Waals surface area contributed by atoms with E-state index in [1.54, 1.807) is 7.05 Å². The maximum atomic E-state index is 12.2. The Labute approximate surface area is 126 Å². The molecule has 2 aromatic rings. The second-order valence-electron chi connectivity index (χ2n) is 5.04. The van der Waals surface area contributed by atoms with Gasteiger partial charge in [0.15, 0.2) is 11.6 Å². The molecular formula is C14H17N3O5. The van der Waals surface area contributed by atoms with E-state index in [9.17, 15) is 9.59 Å². The third-order valence-electron chi connectivity index (χ3n) is 2.93.